The van der Waals surface area contributed by atoms with Crippen molar-refractivity contribution in [3.05, 3.63) is 66.6 Å². The molecule has 0 saturated heterocycles. The Morgan fingerprint density at radius 3 is 2.67 bits per heavy atom. The highest BCUT2D eigenvalue weighted by Crippen LogP contribution is 2.30. The predicted molar refractivity (Wildman–Crippen MR) is 93.7 cm³/mol. The van der Waals surface area contributed by atoms with Gasteiger partial charge in [0, 0.05) is 17.5 Å². The molecule has 0 radical (unpaired) electrons. The Kier molecular flexibility index (Phi) is 3.96. The zero-order valence-electron chi connectivity index (χ0n) is 13.0. The van der Waals surface area contributed by atoms with Crippen LogP contribution in [0.15, 0.2) is 70.5 Å². The van der Waals surface area contributed by atoms with Gasteiger partial charge in [0.05, 0.1) is 23.8 Å². The third-order valence-electron chi connectivity index (χ3n) is 3.70. The highest BCUT2D eigenvalue weighted by atomic mass is 32.2. The normalized spacial score (nSPS) is 11.0. The second-order valence-corrected chi connectivity index (χ2v) is 6.14. The lowest BCUT2D eigenvalue weighted by atomic mass is 10.2. The molecule has 0 atom stereocenters. The van der Waals surface area contributed by atoms with Gasteiger partial charge < -0.3 is 9.26 Å². The van der Waals surface area contributed by atoms with Crippen molar-refractivity contribution in [2.75, 3.05) is 7.11 Å². The Hall–Kier alpha value is -2.73. The lowest BCUT2D eigenvalue weighted by Crippen LogP contribution is -1.97. The fraction of sp³-hybridized carbons (Fsp3) is 0.111. The van der Waals surface area contributed by atoms with E-state index in [-0.39, 0.29) is 0 Å². The van der Waals surface area contributed by atoms with Crippen LogP contribution in [0.5, 0.6) is 5.75 Å². The predicted octanol–water partition coefficient (Wildman–Crippen LogP) is 4.31. The van der Waals surface area contributed by atoms with Gasteiger partial charge in [0.2, 0.25) is 0 Å². The lowest BCUT2D eigenvalue weighted by Gasteiger charge is -2.09. The molecule has 5 nitrogen and oxygen atoms in total. The lowest BCUT2D eigenvalue weighted by molar-refractivity contribution is 0.414. The van der Waals surface area contributed by atoms with Gasteiger partial charge in [-0.15, -0.1) is 0 Å². The molecule has 2 aromatic carbocycles. The number of ether oxygens (including phenoxy) is 1. The molecule has 2 heterocycles. The number of hydrogen-bond acceptors (Lipinski definition) is 5. The summed E-state index contributed by atoms with van der Waals surface area (Å²) in [7, 11) is 1.67. The van der Waals surface area contributed by atoms with Crippen molar-refractivity contribution in [3.8, 4) is 11.4 Å². The first kappa shape index (κ1) is 14.8. The van der Waals surface area contributed by atoms with Gasteiger partial charge in [0.15, 0.2) is 5.16 Å². The van der Waals surface area contributed by atoms with E-state index in [1.807, 2.05) is 48.5 Å². The minimum Gasteiger partial charge on any atom is -0.497 e. The van der Waals surface area contributed by atoms with E-state index in [0.717, 1.165) is 33.3 Å². The van der Waals surface area contributed by atoms with Crippen LogP contribution in [-0.2, 0) is 5.75 Å². The molecule has 120 valence electrons. The Balaban J connectivity index is 1.77. The summed E-state index contributed by atoms with van der Waals surface area (Å²) in [6.45, 7) is 0. The molecule has 0 saturated carbocycles. The van der Waals surface area contributed by atoms with E-state index in [1.165, 1.54) is 0 Å². The van der Waals surface area contributed by atoms with E-state index >= 15 is 0 Å². The minimum absolute atomic E-state index is 0.704. The quantitative estimate of drug-likeness (QED) is 0.508. The Morgan fingerprint density at radius 2 is 1.92 bits per heavy atom. The van der Waals surface area contributed by atoms with Crippen LogP contribution in [0, 0.1) is 0 Å². The standard InChI is InChI=1S/C18H15N3O2S/c1-22-15-8-6-14(7-9-15)21-17-5-3-2-4-16(17)19-18(21)24-12-13-10-11-23-20-13/h2-11H,12H2,1H3. The molecular formula is C18H15N3O2S. The first-order chi connectivity index (χ1) is 11.8. The molecule has 4 aromatic rings. The molecule has 0 N–H and O–H groups in total. The second-order valence-electron chi connectivity index (χ2n) is 5.20. The molecule has 0 amide bonds. The summed E-state index contributed by atoms with van der Waals surface area (Å²) in [5.74, 6) is 1.54. The van der Waals surface area contributed by atoms with Crippen molar-refractivity contribution < 1.29 is 9.26 Å². The topological polar surface area (TPSA) is 53.1 Å². The molecule has 6 heteroatoms. The molecule has 0 spiro atoms. The van der Waals surface area contributed by atoms with Crippen LogP contribution in [-0.4, -0.2) is 21.8 Å². The van der Waals surface area contributed by atoms with Crippen molar-refractivity contribution in [2.24, 2.45) is 0 Å². The van der Waals surface area contributed by atoms with E-state index < -0.39 is 0 Å². The van der Waals surface area contributed by atoms with E-state index in [1.54, 1.807) is 25.1 Å². The van der Waals surface area contributed by atoms with Crippen LogP contribution >= 0.6 is 11.8 Å². The van der Waals surface area contributed by atoms with E-state index in [4.69, 9.17) is 14.2 Å². The van der Waals surface area contributed by atoms with Crippen LogP contribution in [0.1, 0.15) is 5.69 Å². The van der Waals surface area contributed by atoms with Crippen molar-refractivity contribution in [3.63, 3.8) is 0 Å². The molecule has 0 aliphatic heterocycles. The first-order valence-electron chi connectivity index (χ1n) is 7.49. The van der Waals surface area contributed by atoms with Gasteiger partial charge in [-0.05, 0) is 36.4 Å². The average Bonchev–Trinajstić information content (AvgIpc) is 3.27. The Labute approximate surface area is 143 Å². The zero-order chi connectivity index (χ0) is 16.4. The fourth-order valence-electron chi connectivity index (χ4n) is 2.53. The van der Waals surface area contributed by atoms with Crippen molar-refractivity contribution in [1.82, 2.24) is 14.7 Å². The third kappa shape index (κ3) is 2.76. The van der Waals surface area contributed by atoms with E-state index in [9.17, 15) is 0 Å². The number of thioether (sulfide) groups is 1. The first-order valence-corrected chi connectivity index (χ1v) is 8.47. The number of benzene rings is 2. The summed E-state index contributed by atoms with van der Waals surface area (Å²) in [6.07, 6.45) is 1.59. The largest absolute Gasteiger partial charge is 0.497 e. The number of rotatable bonds is 5. The van der Waals surface area contributed by atoms with Crippen LogP contribution in [0.2, 0.25) is 0 Å². The van der Waals surface area contributed by atoms with Gasteiger partial charge >= 0.3 is 0 Å². The Morgan fingerprint density at radius 1 is 1.08 bits per heavy atom. The monoisotopic (exact) mass is 337 g/mol. The smallest absolute Gasteiger partial charge is 0.174 e. The number of fused-ring (bicyclic) bond motifs is 1. The molecule has 4 rings (SSSR count). The zero-order valence-corrected chi connectivity index (χ0v) is 13.9. The van der Waals surface area contributed by atoms with Crippen molar-refractivity contribution in [1.29, 1.82) is 0 Å². The Bertz CT molecular complexity index is 946. The second kappa shape index (κ2) is 6.41. The van der Waals surface area contributed by atoms with E-state index in [0.29, 0.717) is 5.75 Å². The molecule has 0 bridgehead atoms. The highest BCUT2D eigenvalue weighted by Gasteiger charge is 2.13. The number of aromatic nitrogens is 3. The van der Waals surface area contributed by atoms with Crippen LogP contribution in [0.3, 0.4) is 0 Å². The number of imidazole rings is 1. The van der Waals surface area contributed by atoms with Gasteiger partial charge in [-0.2, -0.15) is 0 Å². The maximum Gasteiger partial charge on any atom is 0.174 e. The van der Waals surface area contributed by atoms with Crippen LogP contribution in [0.4, 0.5) is 0 Å². The molecule has 2 aromatic heterocycles. The molecule has 0 unspecified atom stereocenters. The van der Waals surface area contributed by atoms with Gasteiger partial charge in [0.1, 0.15) is 12.0 Å². The number of para-hydroxylation sites is 2. The molecular weight excluding hydrogens is 322 g/mol. The molecule has 24 heavy (non-hydrogen) atoms. The van der Waals surface area contributed by atoms with Gasteiger partial charge in [-0.1, -0.05) is 29.1 Å². The average molecular weight is 337 g/mol. The third-order valence-corrected chi connectivity index (χ3v) is 4.67. The molecule has 0 fully saturated rings. The highest BCUT2D eigenvalue weighted by molar-refractivity contribution is 7.98. The maximum absolute atomic E-state index is 5.25. The van der Waals surface area contributed by atoms with E-state index in [2.05, 4.69) is 15.8 Å². The number of hydrogen-bond donors (Lipinski definition) is 0. The number of methoxy groups -OCH3 is 1. The minimum atomic E-state index is 0.704. The molecule has 0 aliphatic rings. The summed E-state index contributed by atoms with van der Waals surface area (Å²) >= 11 is 1.63. The summed E-state index contributed by atoms with van der Waals surface area (Å²) in [6, 6.07) is 18.0. The maximum atomic E-state index is 5.25. The van der Waals surface area contributed by atoms with Crippen LogP contribution in [0.25, 0.3) is 16.7 Å². The molecule has 0 aliphatic carbocycles. The van der Waals surface area contributed by atoms with Gasteiger partial charge in [0.25, 0.3) is 0 Å². The van der Waals surface area contributed by atoms with Gasteiger partial charge in [-0.3, -0.25) is 4.57 Å². The van der Waals surface area contributed by atoms with Gasteiger partial charge in [-0.25, -0.2) is 4.98 Å². The van der Waals surface area contributed by atoms with Crippen LogP contribution < -0.4 is 4.74 Å². The van der Waals surface area contributed by atoms with Crippen molar-refractivity contribution in [2.45, 2.75) is 10.9 Å². The SMILES string of the molecule is COc1ccc(-n2c(SCc3ccon3)nc3ccccc32)cc1. The summed E-state index contributed by atoms with van der Waals surface area (Å²) < 4.78 is 12.3. The summed E-state index contributed by atoms with van der Waals surface area (Å²) in [4.78, 5) is 4.77. The number of nitrogens with zero attached hydrogens (tertiary/aromatic N) is 3. The summed E-state index contributed by atoms with van der Waals surface area (Å²) in [5, 5.41) is 4.88. The fourth-order valence-corrected chi connectivity index (χ4v) is 3.45. The summed E-state index contributed by atoms with van der Waals surface area (Å²) in [5.41, 5.74) is 3.99. The van der Waals surface area contributed by atoms with Crippen molar-refractivity contribution >= 4 is 22.8 Å².